The first-order valence-corrected chi connectivity index (χ1v) is 8.95. The number of nitrogens with two attached hydrogens (primary N) is 1. The van der Waals surface area contributed by atoms with Gasteiger partial charge in [0.2, 0.25) is 0 Å². The number of hydrogen-bond donors (Lipinski definition) is 3. The minimum Gasteiger partial charge on any atom is -0.489 e. The van der Waals surface area contributed by atoms with Crippen molar-refractivity contribution < 1.29 is 19.1 Å². The van der Waals surface area contributed by atoms with Gasteiger partial charge in [0.25, 0.3) is 0 Å². The van der Waals surface area contributed by atoms with Crippen molar-refractivity contribution in [2.75, 3.05) is 0 Å². The number of aromatic amines is 1. The smallest absolute Gasteiger partial charge is 0.307 e. The number of para-hydroxylation sites is 1. The lowest BCUT2D eigenvalue weighted by molar-refractivity contribution is -0.136. The molecule has 2 aromatic heterocycles. The standard InChI is InChI=1S/C22H20N2O4/c23-12-17-5-6-19(24-17)18-10-14(9-16-7-8-27-22(16)18)13-28-20-4-2-1-3-15(20)11-21(25)26/h1-10,24H,11-13,23H2,(H,25,26). The summed E-state index contributed by atoms with van der Waals surface area (Å²) in [6.45, 7) is 0.750. The summed E-state index contributed by atoms with van der Waals surface area (Å²) in [6, 6.07) is 17.1. The van der Waals surface area contributed by atoms with E-state index in [1.807, 2.05) is 36.4 Å². The minimum absolute atomic E-state index is 0.0769. The third-order valence-corrected chi connectivity index (χ3v) is 4.58. The molecule has 0 saturated heterocycles. The van der Waals surface area contributed by atoms with Gasteiger partial charge in [-0.1, -0.05) is 18.2 Å². The lowest BCUT2D eigenvalue weighted by Gasteiger charge is -2.11. The van der Waals surface area contributed by atoms with Crippen LogP contribution in [-0.2, 0) is 24.4 Å². The average molecular weight is 376 g/mol. The van der Waals surface area contributed by atoms with Crippen molar-refractivity contribution in [3.05, 3.63) is 77.7 Å². The fourth-order valence-electron chi connectivity index (χ4n) is 3.26. The van der Waals surface area contributed by atoms with E-state index in [9.17, 15) is 4.79 Å². The first-order chi connectivity index (χ1) is 13.6. The zero-order valence-corrected chi connectivity index (χ0v) is 15.1. The summed E-state index contributed by atoms with van der Waals surface area (Å²) in [5.74, 6) is -0.315. The second kappa shape index (κ2) is 7.62. The topological polar surface area (TPSA) is 101 Å². The van der Waals surface area contributed by atoms with Gasteiger partial charge in [-0.3, -0.25) is 4.79 Å². The van der Waals surface area contributed by atoms with Crippen molar-refractivity contribution >= 4 is 16.9 Å². The van der Waals surface area contributed by atoms with E-state index in [0.717, 1.165) is 33.5 Å². The SMILES string of the molecule is NCc1ccc(-c2cc(COc3ccccc3CC(=O)O)cc3ccoc23)[nH]1. The van der Waals surface area contributed by atoms with Gasteiger partial charge in [-0.05, 0) is 42.0 Å². The maximum absolute atomic E-state index is 11.1. The van der Waals surface area contributed by atoms with Crippen molar-refractivity contribution in [2.45, 2.75) is 19.6 Å². The van der Waals surface area contributed by atoms with Gasteiger partial charge in [0.05, 0.1) is 12.7 Å². The first-order valence-electron chi connectivity index (χ1n) is 8.95. The fraction of sp³-hybridized carbons (Fsp3) is 0.136. The number of furan rings is 1. The molecule has 6 heteroatoms. The van der Waals surface area contributed by atoms with Crippen LogP contribution in [0.5, 0.6) is 5.75 Å². The third-order valence-electron chi connectivity index (χ3n) is 4.58. The highest BCUT2D eigenvalue weighted by Crippen LogP contribution is 2.31. The molecule has 6 nitrogen and oxygen atoms in total. The molecule has 0 saturated carbocycles. The third kappa shape index (κ3) is 3.63. The average Bonchev–Trinajstić information content (AvgIpc) is 3.35. The summed E-state index contributed by atoms with van der Waals surface area (Å²) < 4.78 is 11.6. The molecule has 2 heterocycles. The van der Waals surface area contributed by atoms with E-state index in [0.29, 0.717) is 24.5 Å². The molecular formula is C22H20N2O4. The lowest BCUT2D eigenvalue weighted by Crippen LogP contribution is -2.04. The summed E-state index contributed by atoms with van der Waals surface area (Å²) in [5, 5.41) is 10.0. The zero-order chi connectivity index (χ0) is 19.5. The number of carbonyl (C=O) groups is 1. The highest BCUT2D eigenvalue weighted by Gasteiger charge is 2.13. The molecule has 2 aromatic carbocycles. The Labute approximate surface area is 161 Å². The van der Waals surface area contributed by atoms with Crippen LogP contribution in [0.2, 0.25) is 0 Å². The number of fused-ring (bicyclic) bond motifs is 1. The Hall–Kier alpha value is -3.51. The highest BCUT2D eigenvalue weighted by atomic mass is 16.5. The van der Waals surface area contributed by atoms with Crippen molar-refractivity contribution in [3.8, 4) is 17.0 Å². The molecule has 0 bridgehead atoms. The number of hydrogen-bond acceptors (Lipinski definition) is 4. The molecule has 4 rings (SSSR count). The van der Waals surface area contributed by atoms with Crippen LogP contribution in [0.25, 0.3) is 22.2 Å². The normalized spacial score (nSPS) is 11.0. The van der Waals surface area contributed by atoms with E-state index in [1.54, 1.807) is 24.5 Å². The number of nitrogens with one attached hydrogen (secondary N) is 1. The van der Waals surface area contributed by atoms with Gasteiger partial charge in [0.15, 0.2) is 0 Å². The lowest BCUT2D eigenvalue weighted by atomic mass is 10.0. The van der Waals surface area contributed by atoms with E-state index >= 15 is 0 Å². The first kappa shape index (κ1) is 17.9. The predicted octanol–water partition coefficient (Wildman–Crippen LogP) is 4.09. The zero-order valence-electron chi connectivity index (χ0n) is 15.1. The van der Waals surface area contributed by atoms with Crippen molar-refractivity contribution in [2.24, 2.45) is 5.73 Å². The molecule has 0 aliphatic heterocycles. The predicted molar refractivity (Wildman–Crippen MR) is 106 cm³/mol. The second-order valence-electron chi connectivity index (χ2n) is 6.55. The quantitative estimate of drug-likeness (QED) is 0.451. The van der Waals surface area contributed by atoms with Gasteiger partial charge < -0.3 is 25.0 Å². The fourth-order valence-corrected chi connectivity index (χ4v) is 3.26. The number of H-pyrrole nitrogens is 1. The van der Waals surface area contributed by atoms with Crippen molar-refractivity contribution in [3.63, 3.8) is 0 Å². The minimum atomic E-state index is -0.888. The number of aromatic nitrogens is 1. The van der Waals surface area contributed by atoms with Crippen LogP contribution in [0.1, 0.15) is 16.8 Å². The Morgan fingerprint density at radius 2 is 2.00 bits per heavy atom. The van der Waals surface area contributed by atoms with Crippen LogP contribution in [0.15, 0.2) is 65.3 Å². The van der Waals surface area contributed by atoms with E-state index in [2.05, 4.69) is 4.98 Å². The molecule has 28 heavy (non-hydrogen) atoms. The molecule has 0 fully saturated rings. The summed E-state index contributed by atoms with van der Waals surface area (Å²) in [5.41, 5.74) is 10.9. The molecule has 0 atom stereocenters. The number of aliphatic carboxylic acids is 1. The van der Waals surface area contributed by atoms with Gasteiger partial charge in [-0.25, -0.2) is 0 Å². The second-order valence-corrected chi connectivity index (χ2v) is 6.55. The van der Waals surface area contributed by atoms with Crippen LogP contribution < -0.4 is 10.5 Å². The molecular weight excluding hydrogens is 356 g/mol. The molecule has 4 N–H and O–H groups in total. The van der Waals surface area contributed by atoms with Crippen LogP contribution in [0, 0.1) is 0 Å². The molecule has 0 radical (unpaired) electrons. The summed E-state index contributed by atoms with van der Waals surface area (Å²) in [6.07, 6.45) is 1.58. The molecule has 4 aromatic rings. The molecule has 0 spiro atoms. The van der Waals surface area contributed by atoms with Gasteiger partial charge in [0.1, 0.15) is 17.9 Å². The molecule has 0 aliphatic rings. The van der Waals surface area contributed by atoms with E-state index in [1.165, 1.54) is 0 Å². The Kier molecular flexibility index (Phi) is 4.87. The molecule has 0 aliphatic carbocycles. The Balaban J connectivity index is 1.64. The van der Waals surface area contributed by atoms with Gasteiger partial charge >= 0.3 is 5.97 Å². The van der Waals surface area contributed by atoms with Crippen LogP contribution in [0.3, 0.4) is 0 Å². The summed E-state index contributed by atoms with van der Waals surface area (Å²) in [7, 11) is 0. The van der Waals surface area contributed by atoms with Gasteiger partial charge in [0, 0.05) is 34.4 Å². The van der Waals surface area contributed by atoms with Crippen molar-refractivity contribution in [1.82, 2.24) is 4.98 Å². The van der Waals surface area contributed by atoms with Crippen LogP contribution in [0.4, 0.5) is 0 Å². The Morgan fingerprint density at radius 1 is 1.14 bits per heavy atom. The van der Waals surface area contributed by atoms with E-state index < -0.39 is 5.97 Å². The number of rotatable bonds is 7. The van der Waals surface area contributed by atoms with Crippen molar-refractivity contribution in [1.29, 1.82) is 0 Å². The Morgan fingerprint density at radius 3 is 2.79 bits per heavy atom. The van der Waals surface area contributed by atoms with Crippen LogP contribution in [-0.4, -0.2) is 16.1 Å². The van der Waals surface area contributed by atoms with Gasteiger partial charge in [-0.2, -0.15) is 0 Å². The largest absolute Gasteiger partial charge is 0.489 e. The maximum Gasteiger partial charge on any atom is 0.307 e. The summed E-state index contributed by atoms with van der Waals surface area (Å²) >= 11 is 0. The summed E-state index contributed by atoms with van der Waals surface area (Å²) in [4.78, 5) is 14.4. The number of ether oxygens (including phenoxy) is 1. The maximum atomic E-state index is 11.1. The molecule has 0 amide bonds. The Bertz CT molecular complexity index is 1130. The van der Waals surface area contributed by atoms with Crippen LogP contribution >= 0.6 is 0 Å². The number of benzene rings is 2. The highest BCUT2D eigenvalue weighted by molar-refractivity contribution is 5.92. The molecule has 0 unspecified atom stereocenters. The number of carboxylic acids is 1. The van der Waals surface area contributed by atoms with E-state index in [-0.39, 0.29) is 6.42 Å². The molecule has 142 valence electrons. The number of carboxylic acid groups (broad SMARTS) is 1. The van der Waals surface area contributed by atoms with E-state index in [4.69, 9.17) is 20.0 Å². The monoisotopic (exact) mass is 376 g/mol. The van der Waals surface area contributed by atoms with Gasteiger partial charge in [-0.15, -0.1) is 0 Å².